The second-order valence-corrected chi connectivity index (χ2v) is 3.71. The molecule has 1 atom stereocenters. The number of hydrogen-bond acceptors (Lipinski definition) is 0. The number of fused-ring (bicyclic) bond motifs is 1. The van der Waals surface area contributed by atoms with Gasteiger partial charge in [-0.05, 0) is 24.0 Å². The van der Waals surface area contributed by atoms with Crippen molar-refractivity contribution in [3.05, 3.63) is 47.0 Å². The smallest absolute Gasteiger partial charge is 0.00752 e. The Morgan fingerprint density at radius 1 is 1.00 bits per heavy atom. The molecule has 13 heavy (non-hydrogen) atoms. The average molecular weight is 170 g/mol. The Morgan fingerprint density at radius 3 is 2.46 bits per heavy atom. The zero-order chi connectivity index (χ0) is 9.26. The third-order valence-electron chi connectivity index (χ3n) is 2.40. The first-order valence-electron chi connectivity index (χ1n) is 4.73. The topological polar surface area (TPSA) is 0 Å². The lowest BCUT2D eigenvalue weighted by Gasteiger charge is -2.00. The molecule has 0 N–H and O–H groups in total. The normalized spacial score (nSPS) is 19.7. The zero-order valence-electron chi connectivity index (χ0n) is 8.12. The van der Waals surface area contributed by atoms with Crippen molar-refractivity contribution in [1.29, 1.82) is 0 Å². The Morgan fingerprint density at radius 2 is 1.69 bits per heavy atom. The molecule has 0 bridgehead atoms. The molecule has 1 aromatic rings. The van der Waals surface area contributed by atoms with Gasteiger partial charge in [0.2, 0.25) is 0 Å². The van der Waals surface area contributed by atoms with Gasteiger partial charge in [-0.1, -0.05) is 55.0 Å². The minimum absolute atomic E-state index is 0.549. The van der Waals surface area contributed by atoms with E-state index in [-0.39, 0.29) is 0 Å². The molecule has 0 fully saturated rings. The van der Waals surface area contributed by atoms with Gasteiger partial charge in [0.1, 0.15) is 0 Å². The molecule has 0 nitrogen and oxygen atoms in total. The van der Waals surface area contributed by atoms with Crippen LogP contribution in [0.5, 0.6) is 0 Å². The van der Waals surface area contributed by atoms with Crippen LogP contribution < -0.4 is 0 Å². The van der Waals surface area contributed by atoms with Gasteiger partial charge in [-0.25, -0.2) is 0 Å². The van der Waals surface area contributed by atoms with Crippen LogP contribution in [0, 0.1) is 12.8 Å². The second-order valence-electron chi connectivity index (χ2n) is 3.71. The predicted octanol–water partition coefficient (Wildman–Crippen LogP) is 3.67. The number of rotatable bonds is 0. The van der Waals surface area contributed by atoms with Crippen molar-refractivity contribution in [3.63, 3.8) is 0 Å². The molecule has 0 amide bonds. The standard InChI is InChI=1S/C13H14/c1-10-3-6-12-7-5-11(2)9-13(12)8-4-10/h3-10H,1-2H3/t10-/m1/s1. The van der Waals surface area contributed by atoms with Crippen LogP contribution in [0.25, 0.3) is 12.2 Å². The number of aryl methyl sites for hydroxylation is 1. The van der Waals surface area contributed by atoms with Crippen LogP contribution in [0.1, 0.15) is 23.6 Å². The van der Waals surface area contributed by atoms with Crippen molar-refractivity contribution in [1.82, 2.24) is 0 Å². The predicted molar refractivity (Wildman–Crippen MR) is 58.4 cm³/mol. The van der Waals surface area contributed by atoms with Crippen LogP contribution in [0.3, 0.4) is 0 Å². The maximum atomic E-state index is 2.24. The zero-order valence-corrected chi connectivity index (χ0v) is 8.12. The molecule has 0 aromatic heterocycles. The highest BCUT2D eigenvalue weighted by atomic mass is 14.1. The molecular weight excluding hydrogens is 156 g/mol. The molecule has 66 valence electrons. The average Bonchev–Trinajstić information content (AvgIpc) is 2.29. The number of hydrogen-bond donors (Lipinski definition) is 0. The number of allylic oxidation sites excluding steroid dienone is 2. The molecule has 1 aliphatic rings. The molecule has 2 rings (SSSR count). The lowest BCUT2D eigenvalue weighted by molar-refractivity contribution is 0.954. The summed E-state index contributed by atoms with van der Waals surface area (Å²) in [5.74, 6) is 0.549. The van der Waals surface area contributed by atoms with Crippen molar-refractivity contribution in [3.8, 4) is 0 Å². The third kappa shape index (κ3) is 1.72. The van der Waals surface area contributed by atoms with E-state index >= 15 is 0 Å². The van der Waals surface area contributed by atoms with E-state index < -0.39 is 0 Å². The van der Waals surface area contributed by atoms with Gasteiger partial charge in [-0.3, -0.25) is 0 Å². The fourth-order valence-corrected chi connectivity index (χ4v) is 1.57. The van der Waals surface area contributed by atoms with E-state index in [1.165, 1.54) is 16.7 Å². The first-order valence-corrected chi connectivity index (χ1v) is 4.73. The highest BCUT2D eigenvalue weighted by molar-refractivity contribution is 5.68. The lowest BCUT2D eigenvalue weighted by Crippen LogP contribution is -1.80. The van der Waals surface area contributed by atoms with Crippen molar-refractivity contribution in [2.75, 3.05) is 0 Å². The van der Waals surface area contributed by atoms with Crippen LogP contribution in [-0.4, -0.2) is 0 Å². The molecule has 0 saturated heterocycles. The quantitative estimate of drug-likeness (QED) is 0.557. The van der Waals surface area contributed by atoms with Crippen molar-refractivity contribution >= 4 is 12.2 Å². The van der Waals surface area contributed by atoms with E-state index in [4.69, 9.17) is 0 Å². The summed E-state index contributed by atoms with van der Waals surface area (Å²) in [4.78, 5) is 0. The summed E-state index contributed by atoms with van der Waals surface area (Å²) in [6.07, 6.45) is 8.89. The van der Waals surface area contributed by atoms with Crippen LogP contribution in [-0.2, 0) is 0 Å². The van der Waals surface area contributed by atoms with Crippen molar-refractivity contribution < 1.29 is 0 Å². The van der Waals surface area contributed by atoms with E-state index in [1.54, 1.807) is 0 Å². The van der Waals surface area contributed by atoms with Gasteiger partial charge in [0.05, 0.1) is 0 Å². The third-order valence-corrected chi connectivity index (χ3v) is 2.40. The van der Waals surface area contributed by atoms with Crippen LogP contribution in [0.4, 0.5) is 0 Å². The minimum atomic E-state index is 0.549. The van der Waals surface area contributed by atoms with Gasteiger partial charge in [0.25, 0.3) is 0 Å². The van der Waals surface area contributed by atoms with E-state index in [9.17, 15) is 0 Å². The first-order chi connectivity index (χ1) is 6.25. The van der Waals surface area contributed by atoms with Crippen LogP contribution >= 0.6 is 0 Å². The summed E-state index contributed by atoms with van der Waals surface area (Å²) >= 11 is 0. The molecule has 0 heteroatoms. The number of benzene rings is 1. The van der Waals surface area contributed by atoms with Gasteiger partial charge in [0, 0.05) is 0 Å². The minimum Gasteiger partial charge on any atom is -0.0773 e. The first kappa shape index (κ1) is 8.31. The van der Waals surface area contributed by atoms with Gasteiger partial charge < -0.3 is 0 Å². The van der Waals surface area contributed by atoms with Crippen LogP contribution in [0.2, 0.25) is 0 Å². The molecular formula is C13H14. The summed E-state index contributed by atoms with van der Waals surface area (Å²) in [6.45, 7) is 4.33. The van der Waals surface area contributed by atoms with Crippen LogP contribution in [0.15, 0.2) is 30.4 Å². The summed E-state index contributed by atoms with van der Waals surface area (Å²) < 4.78 is 0. The monoisotopic (exact) mass is 170 g/mol. The second kappa shape index (κ2) is 3.21. The molecule has 1 aliphatic carbocycles. The Bertz CT molecular complexity index is 370. The van der Waals surface area contributed by atoms with E-state index in [2.05, 4.69) is 56.4 Å². The Balaban J connectivity index is 2.53. The largest absolute Gasteiger partial charge is 0.0773 e. The Kier molecular flexibility index (Phi) is 2.05. The maximum absolute atomic E-state index is 2.24. The molecule has 0 spiro atoms. The molecule has 0 saturated carbocycles. The van der Waals surface area contributed by atoms with Gasteiger partial charge in [-0.15, -0.1) is 0 Å². The highest BCUT2D eigenvalue weighted by Gasteiger charge is 2.01. The SMILES string of the molecule is Cc1ccc2c(c1)C=C[C@H](C)C=C2. The van der Waals surface area contributed by atoms with E-state index in [0.29, 0.717) is 5.92 Å². The van der Waals surface area contributed by atoms with Gasteiger partial charge in [-0.2, -0.15) is 0 Å². The summed E-state index contributed by atoms with van der Waals surface area (Å²) in [7, 11) is 0. The van der Waals surface area contributed by atoms with Gasteiger partial charge >= 0.3 is 0 Å². The summed E-state index contributed by atoms with van der Waals surface area (Å²) in [5.41, 5.74) is 3.98. The van der Waals surface area contributed by atoms with Crippen molar-refractivity contribution in [2.45, 2.75) is 13.8 Å². The summed E-state index contributed by atoms with van der Waals surface area (Å²) in [5, 5.41) is 0. The van der Waals surface area contributed by atoms with Gasteiger partial charge in [0.15, 0.2) is 0 Å². The van der Waals surface area contributed by atoms with E-state index in [0.717, 1.165) is 0 Å². The molecule has 0 aliphatic heterocycles. The molecule has 0 radical (unpaired) electrons. The fraction of sp³-hybridized carbons (Fsp3) is 0.231. The highest BCUT2D eigenvalue weighted by Crippen LogP contribution is 2.20. The molecule has 0 heterocycles. The van der Waals surface area contributed by atoms with Crippen molar-refractivity contribution in [2.24, 2.45) is 5.92 Å². The lowest BCUT2D eigenvalue weighted by atomic mass is 10.0. The Labute approximate surface area is 79.6 Å². The Hall–Kier alpha value is -1.30. The molecule has 0 unspecified atom stereocenters. The fourth-order valence-electron chi connectivity index (χ4n) is 1.57. The molecule has 1 aromatic carbocycles. The summed E-state index contributed by atoms with van der Waals surface area (Å²) in [6, 6.07) is 6.57. The maximum Gasteiger partial charge on any atom is -0.00752 e. The van der Waals surface area contributed by atoms with E-state index in [1.807, 2.05) is 0 Å².